The zero-order valence-electron chi connectivity index (χ0n) is 17.1. The summed E-state index contributed by atoms with van der Waals surface area (Å²) in [5, 5.41) is 2.91. The average molecular weight is 397 g/mol. The van der Waals surface area contributed by atoms with Crippen molar-refractivity contribution in [2.75, 3.05) is 32.0 Å². The largest absolute Gasteiger partial charge is 0.459 e. The van der Waals surface area contributed by atoms with Crippen LogP contribution in [0.3, 0.4) is 0 Å². The molecule has 1 aliphatic rings. The topological polar surface area (TPSA) is 82.9 Å². The molecule has 1 fully saturated rings. The molecular formula is C22H27N3O4. The maximum absolute atomic E-state index is 12.7. The number of carbonyl (C=O) groups excluding carboxylic acids is 3. The number of para-hydroxylation sites is 1. The number of hydrogen-bond acceptors (Lipinski definition) is 4. The Bertz CT molecular complexity index is 863. The van der Waals surface area contributed by atoms with E-state index in [4.69, 9.17) is 4.42 Å². The maximum Gasteiger partial charge on any atom is 0.289 e. The number of aryl methyl sites for hydroxylation is 2. The zero-order valence-corrected chi connectivity index (χ0v) is 17.1. The summed E-state index contributed by atoms with van der Waals surface area (Å²) in [6.45, 7) is 4.87. The summed E-state index contributed by atoms with van der Waals surface area (Å²) in [6, 6.07) is 9.15. The van der Waals surface area contributed by atoms with E-state index in [2.05, 4.69) is 5.32 Å². The molecule has 1 saturated heterocycles. The van der Waals surface area contributed by atoms with Crippen molar-refractivity contribution in [3.8, 4) is 0 Å². The fraction of sp³-hybridized carbons (Fsp3) is 0.409. The number of carbonyl (C=O) groups is 3. The molecule has 0 unspecified atom stereocenters. The highest BCUT2D eigenvalue weighted by Crippen LogP contribution is 2.22. The van der Waals surface area contributed by atoms with E-state index in [1.54, 1.807) is 24.1 Å². The molecular weight excluding hydrogens is 370 g/mol. The Labute approximate surface area is 170 Å². The number of rotatable bonds is 5. The third-order valence-electron chi connectivity index (χ3n) is 5.37. The lowest BCUT2D eigenvalue weighted by atomic mass is 9.95. The highest BCUT2D eigenvalue weighted by Gasteiger charge is 2.30. The normalized spacial score (nSPS) is 14.5. The smallest absolute Gasteiger partial charge is 0.289 e. The maximum atomic E-state index is 12.7. The van der Waals surface area contributed by atoms with Crippen molar-refractivity contribution >= 4 is 23.4 Å². The van der Waals surface area contributed by atoms with Crippen LogP contribution in [0.15, 0.2) is 41.0 Å². The molecule has 0 aliphatic carbocycles. The van der Waals surface area contributed by atoms with Gasteiger partial charge in [0, 0.05) is 31.7 Å². The highest BCUT2D eigenvalue weighted by atomic mass is 16.3. The summed E-state index contributed by atoms with van der Waals surface area (Å²) in [6.07, 6.45) is 2.63. The Kier molecular flexibility index (Phi) is 6.36. The lowest BCUT2D eigenvalue weighted by Crippen LogP contribution is -2.45. The molecule has 7 nitrogen and oxygen atoms in total. The van der Waals surface area contributed by atoms with E-state index in [0.29, 0.717) is 31.7 Å². The Balaban J connectivity index is 1.50. The van der Waals surface area contributed by atoms with Crippen LogP contribution in [0.2, 0.25) is 0 Å². The van der Waals surface area contributed by atoms with Crippen molar-refractivity contribution < 1.29 is 18.8 Å². The van der Waals surface area contributed by atoms with Crippen LogP contribution in [0.5, 0.6) is 0 Å². The van der Waals surface area contributed by atoms with Crippen LogP contribution < -0.4 is 5.32 Å². The van der Waals surface area contributed by atoms with Crippen molar-refractivity contribution in [1.29, 1.82) is 0 Å². The fourth-order valence-electron chi connectivity index (χ4n) is 3.68. The lowest BCUT2D eigenvalue weighted by Gasteiger charge is -2.32. The van der Waals surface area contributed by atoms with Gasteiger partial charge in [-0.2, -0.15) is 0 Å². The second kappa shape index (κ2) is 8.94. The monoisotopic (exact) mass is 397 g/mol. The summed E-state index contributed by atoms with van der Waals surface area (Å²) < 4.78 is 5.16. The van der Waals surface area contributed by atoms with Gasteiger partial charge in [0.1, 0.15) is 0 Å². The number of amides is 3. The SMILES string of the molecule is Cc1cccc(C)c1NC(=O)CN(C)C(=O)C1CCN(C(=O)c2ccco2)CC1. The van der Waals surface area contributed by atoms with Crippen LogP contribution >= 0.6 is 0 Å². The first-order valence-electron chi connectivity index (χ1n) is 9.80. The van der Waals surface area contributed by atoms with Crippen molar-refractivity contribution in [2.24, 2.45) is 5.92 Å². The van der Waals surface area contributed by atoms with Gasteiger partial charge in [0.2, 0.25) is 11.8 Å². The van der Waals surface area contributed by atoms with Gasteiger partial charge < -0.3 is 19.5 Å². The number of hydrogen-bond donors (Lipinski definition) is 1. The second-order valence-electron chi connectivity index (χ2n) is 7.55. The molecule has 0 bridgehead atoms. The first-order chi connectivity index (χ1) is 13.9. The molecule has 3 amide bonds. The van der Waals surface area contributed by atoms with Crippen LogP contribution in [-0.2, 0) is 9.59 Å². The molecule has 154 valence electrons. The number of benzene rings is 1. The number of likely N-dealkylation sites (tertiary alicyclic amines) is 1. The first-order valence-corrected chi connectivity index (χ1v) is 9.80. The predicted octanol–water partition coefficient (Wildman–Crippen LogP) is 2.85. The van der Waals surface area contributed by atoms with Crippen LogP contribution in [0.4, 0.5) is 5.69 Å². The van der Waals surface area contributed by atoms with Crippen molar-refractivity contribution in [1.82, 2.24) is 9.80 Å². The van der Waals surface area contributed by atoms with E-state index in [9.17, 15) is 14.4 Å². The van der Waals surface area contributed by atoms with Gasteiger partial charge in [-0.1, -0.05) is 18.2 Å². The number of nitrogens with one attached hydrogen (secondary N) is 1. The first kappa shape index (κ1) is 20.6. The van der Waals surface area contributed by atoms with Crippen LogP contribution in [-0.4, -0.2) is 54.2 Å². The molecule has 7 heteroatoms. The Morgan fingerprint density at radius 2 is 1.76 bits per heavy atom. The number of anilines is 1. The number of piperidine rings is 1. The minimum absolute atomic E-state index is 0.00184. The summed E-state index contributed by atoms with van der Waals surface area (Å²) in [4.78, 5) is 40.7. The standard InChI is InChI=1S/C22H27N3O4/c1-15-6-4-7-16(2)20(15)23-19(26)14-24(3)21(27)17-9-11-25(12-10-17)22(28)18-8-5-13-29-18/h4-8,13,17H,9-12,14H2,1-3H3,(H,23,26). The molecule has 3 rings (SSSR count). The lowest BCUT2D eigenvalue weighted by molar-refractivity contribution is -0.138. The molecule has 2 heterocycles. The van der Waals surface area contributed by atoms with Gasteiger partial charge >= 0.3 is 0 Å². The van der Waals surface area contributed by atoms with Gasteiger partial charge in [0.25, 0.3) is 5.91 Å². The minimum atomic E-state index is -0.219. The molecule has 1 aromatic heterocycles. The van der Waals surface area contributed by atoms with E-state index in [1.165, 1.54) is 11.2 Å². The van der Waals surface area contributed by atoms with Gasteiger partial charge in [0.15, 0.2) is 5.76 Å². The van der Waals surface area contributed by atoms with E-state index in [-0.39, 0.29) is 30.2 Å². The molecule has 1 aliphatic heterocycles. The van der Waals surface area contributed by atoms with Crippen molar-refractivity contribution in [3.05, 3.63) is 53.5 Å². The van der Waals surface area contributed by atoms with Crippen LogP contribution in [0, 0.1) is 19.8 Å². The van der Waals surface area contributed by atoms with Crippen LogP contribution in [0.25, 0.3) is 0 Å². The van der Waals surface area contributed by atoms with Gasteiger partial charge in [-0.3, -0.25) is 14.4 Å². The van der Waals surface area contributed by atoms with E-state index >= 15 is 0 Å². The second-order valence-corrected chi connectivity index (χ2v) is 7.55. The summed E-state index contributed by atoms with van der Waals surface area (Å²) in [7, 11) is 1.65. The molecule has 0 radical (unpaired) electrons. The van der Waals surface area contributed by atoms with Gasteiger partial charge in [-0.05, 0) is 49.9 Å². The zero-order chi connectivity index (χ0) is 21.0. The Morgan fingerprint density at radius 1 is 1.10 bits per heavy atom. The van der Waals surface area contributed by atoms with Crippen molar-refractivity contribution in [3.63, 3.8) is 0 Å². The van der Waals surface area contributed by atoms with Gasteiger partial charge in [-0.15, -0.1) is 0 Å². The Morgan fingerprint density at radius 3 is 2.34 bits per heavy atom. The molecule has 29 heavy (non-hydrogen) atoms. The summed E-state index contributed by atoms with van der Waals surface area (Å²) in [5.41, 5.74) is 2.77. The molecule has 1 aromatic carbocycles. The third kappa shape index (κ3) is 4.85. The fourth-order valence-corrected chi connectivity index (χ4v) is 3.68. The van der Waals surface area contributed by atoms with Gasteiger partial charge in [-0.25, -0.2) is 0 Å². The molecule has 2 aromatic rings. The molecule has 0 atom stereocenters. The van der Waals surface area contributed by atoms with Crippen molar-refractivity contribution in [2.45, 2.75) is 26.7 Å². The number of likely N-dealkylation sites (N-methyl/N-ethyl adjacent to an activating group) is 1. The predicted molar refractivity (Wildman–Crippen MR) is 110 cm³/mol. The average Bonchev–Trinajstić information content (AvgIpc) is 3.24. The van der Waals surface area contributed by atoms with E-state index in [1.807, 2.05) is 32.0 Å². The number of furan rings is 1. The number of nitrogens with zero attached hydrogens (tertiary/aromatic N) is 2. The molecule has 1 N–H and O–H groups in total. The molecule has 0 saturated carbocycles. The molecule has 0 spiro atoms. The quantitative estimate of drug-likeness (QED) is 0.841. The third-order valence-corrected chi connectivity index (χ3v) is 5.37. The van der Waals surface area contributed by atoms with E-state index < -0.39 is 0 Å². The minimum Gasteiger partial charge on any atom is -0.459 e. The highest BCUT2D eigenvalue weighted by molar-refractivity contribution is 5.96. The van der Waals surface area contributed by atoms with Crippen LogP contribution in [0.1, 0.15) is 34.5 Å². The van der Waals surface area contributed by atoms with E-state index in [0.717, 1.165) is 16.8 Å². The van der Waals surface area contributed by atoms with Gasteiger partial charge in [0.05, 0.1) is 12.8 Å². The summed E-state index contributed by atoms with van der Waals surface area (Å²) in [5.74, 6) is -0.304. The Hall–Kier alpha value is -3.09. The summed E-state index contributed by atoms with van der Waals surface area (Å²) >= 11 is 0.